The van der Waals surface area contributed by atoms with Gasteiger partial charge in [-0.05, 0) is 19.8 Å². The number of rotatable bonds is 2. The summed E-state index contributed by atoms with van der Waals surface area (Å²) in [6.45, 7) is 3.09. The van der Waals surface area contributed by atoms with E-state index in [1.165, 1.54) is 17.9 Å². The van der Waals surface area contributed by atoms with Crippen molar-refractivity contribution in [3.05, 3.63) is 46.5 Å². The highest BCUT2D eigenvalue weighted by molar-refractivity contribution is 8.03. The normalized spacial score (nSPS) is 25.2. The zero-order valence-corrected chi connectivity index (χ0v) is 11.4. The van der Waals surface area contributed by atoms with E-state index < -0.39 is 0 Å². The first-order valence-electron chi connectivity index (χ1n) is 6.47. The molecule has 0 saturated carbocycles. The molecule has 3 rings (SSSR count). The Kier molecular flexibility index (Phi) is 3.16. The molecule has 2 nitrogen and oxygen atoms in total. The summed E-state index contributed by atoms with van der Waals surface area (Å²) >= 11 is 1.85. The Morgan fingerprint density at radius 2 is 2.11 bits per heavy atom. The number of thioether (sulfide) groups is 1. The average molecular weight is 259 g/mol. The Labute approximate surface area is 112 Å². The summed E-state index contributed by atoms with van der Waals surface area (Å²) < 4.78 is 0. The van der Waals surface area contributed by atoms with Crippen LogP contribution in [0, 0.1) is 0 Å². The minimum atomic E-state index is 0.172. The molecular weight excluding hydrogens is 242 g/mol. The van der Waals surface area contributed by atoms with Crippen molar-refractivity contribution in [2.75, 3.05) is 12.3 Å². The van der Waals surface area contributed by atoms with E-state index in [1.807, 2.05) is 49.0 Å². The van der Waals surface area contributed by atoms with Gasteiger partial charge in [0, 0.05) is 29.5 Å². The van der Waals surface area contributed by atoms with Crippen molar-refractivity contribution in [1.82, 2.24) is 4.90 Å². The van der Waals surface area contributed by atoms with Crippen LogP contribution < -0.4 is 0 Å². The number of hydrogen-bond donors (Lipinski definition) is 0. The number of allylic oxidation sites excluding steroid dienone is 1. The first-order chi connectivity index (χ1) is 8.77. The fourth-order valence-corrected chi connectivity index (χ4v) is 4.17. The molecule has 18 heavy (non-hydrogen) atoms. The monoisotopic (exact) mass is 259 g/mol. The number of carbonyl (C=O) groups excluding carboxylic acids is 1. The average Bonchev–Trinajstić information content (AvgIpc) is 3.00. The molecular formula is C15H17NOS. The highest BCUT2D eigenvalue weighted by atomic mass is 32.2. The zero-order chi connectivity index (χ0) is 12.5. The summed E-state index contributed by atoms with van der Waals surface area (Å²) in [4.78, 5) is 14.9. The summed E-state index contributed by atoms with van der Waals surface area (Å²) in [5.41, 5.74) is 1.71. The first-order valence-corrected chi connectivity index (χ1v) is 7.46. The van der Waals surface area contributed by atoms with Crippen LogP contribution in [0.5, 0.6) is 0 Å². The third-order valence-electron chi connectivity index (χ3n) is 3.75. The summed E-state index contributed by atoms with van der Waals surface area (Å²) in [6.07, 6.45) is 2.55. The Morgan fingerprint density at radius 1 is 1.33 bits per heavy atom. The first kappa shape index (κ1) is 11.8. The van der Waals surface area contributed by atoms with Crippen LogP contribution in [0.2, 0.25) is 0 Å². The van der Waals surface area contributed by atoms with Gasteiger partial charge in [0.1, 0.15) is 0 Å². The Bertz CT molecular complexity index is 494. The van der Waals surface area contributed by atoms with Gasteiger partial charge in [-0.25, -0.2) is 0 Å². The van der Waals surface area contributed by atoms with Crippen LogP contribution in [0.3, 0.4) is 0 Å². The molecule has 0 N–H and O–H groups in total. The van der Waals surface area contributed by atoms with E-state index in [0.717, 1.165) is 23.4 Å². The minimum absolute atomic E-state index is 0.172. The molecule has 2 aliphatic heterocycles. The van der Waals surface area contributed by atoms with E-state index >= 15 is 0 Å². The SMILES string of the molecule is C/C(C(=O)c1ccccc1)=C1/SC[C@@H]2CCCN12. The molecule has 2 fully saturated rings. The predicted molar refractivity (Wildman–Crippen MR) is 75.7 cm³/mol. The summed E-state index contributed by atoms with van der Waals surface area (Å²) in [7, 11) is 0. The minimum Gasteiger partial charge on any atom is -0.362 e. The number of hydrogen-bond acceptors (Lipinski definition) is 3. The van der Waals surface area contributed by atoms with Crippen molar-refractivity contribution in [2.24, 2.45) is 0 Å². The van der Waals surface area contributed by atoms with Gasteiger partial charge in [0.2, 0.25) is 0 Å². The molecule has 0 aromatic heterocycles. The van der Waals surface area contributed by atoms with Gasteiger partial charge in [0.25, 0.3) is 0 Å². The molecule has 2 saturated heterocycles. The van der Waals surface area contributed by atoms with Crippen molar-refractivity contribution < 1.29 is 4.79 Å². The molecule has 0 unspecified atom stereocenters. The van der Waals surface area contributed by atoms with Crippen molar-refractivity contribution in [3.63, 3.8) is 0 Å². The van der Waals surface area contributed by atoms with Crippen LogP contribution in [0.25, 0.3) is 0 Å². The fourth-order valence-electron chi connectivity index (χ4n) is 2.76. The predicted octanol–water partition coefficient (Wildman–Crippen LogP) is 3.31. The molecule has 2 aliphatic rings. The van der Waals surface area contributed by atoms with Gasteiger partial charge in [-0.1, -0.05) is 30.3 Å². The van der Waals surface area contributed by atoms with Gasteiger partial charge in [-0.15, -0.1) is 11.8 Å². The molecule has 1 aromatic carbocycles. The lowest BCUT2D eigenvalue weighted by molar-refractivity contribution is 0.103. The number of carbonyl (C=O) groups is 1. The second kappa shape index (κ2) is 4.81. The quantitative estimate of drug-likeness (QED) is 0.600. The number of fused-ring (bicyclic) bond motifs is 1. The molecule has 0 spiro atoms. The Balaban J connectivity index is 1.90. The molecule has 94 valence electrons. The molecule has 3 heteroatoms. The molecule has 2 heterocycles. The molecule has 0 aliphatic carbocycles. The maximum atomic E-state index is 12.4. The standard InChI is InChI=1S/C15H17NOS/c1-11(14(17)12-6-3-2-4-7-12)15-16-9-5-8-13(16)10-18-15/h2-4,6-7,13H,5,8-10H2,1H3/b15-11-/t13-/m0/s1. The van der Waals surface area contributed by atoms with Crippen molar-refractivity contribution >= 4 is 17.5 Å². The Hall–Kier alpha value is -1.22. The lowest BCUT2D eigenvalue weighted by Gasteiger charge is -2.19. The van der Waals surface area contributed by atoms with Crippen LogP contribution in [-0.4, -0.2) is 29.0 Å². The maximum absolute atomic E-state index is 12.4. The lowest BCUT2D eigenvalue weighted by atomic mass is 10.1. The van der Waals surface area contributed by atoms with Gasteiger partial charge in [-0.3, -0.25) is 4.79 Å². The summed E-state index contributed by atoms with van der Waals surface area (Å²) in [6, 6.07) is 10.3. The largest absolute Gasteiger partial charge is 0.362 e. The third kappa shape index (κ3) is 1.97. The van der Waals surface area contributed by atoms with Gasteiger partial charge >= 0.3 is 0 Å². The number of ketones is 1. The van der Waals surface area contributed by atoms with Crippen LogP contribution in [0.15, 0.2) is 40.9 Å². The smallest absolute Gasteiger partial charge is 0.191 e. The van der Waals surface area contributed by atoms with E-state index in [9.17, 15) is 4.79 Å². The molecule has 0 radical (unpaired) electrons. The van der Waals surface area contributed by atoms with Crippen LogP contribution in [0.4, 0.5) is 0 Å². The highest BCUT2D eigenvalue weighted by Gasteiger charge is 2.34. The van der Waals surface area contributed by atoms with Crippen LogP contribution in [0.1, 0.15) is 30.1 Å². The zero-order valence-electron chi connectivity index (χ0n) is 10.6. The molecule has 1 atom stereocenters. The summed E-state index contributed by atoms with van der Waals surface area (Å²) in [5.74, 6) is 1.32. The van der Waals surface area contributed by atoms with E-state index in [0.29, 0.717) is 6.04 Å². The Morgan fingerprint density at radius 3 is 2.89 bits per heavy atom. The van der Waals surface area contributed by atoms with E-state index in [-0.39, 0.29) is 5.78 Å². The van der Waals surface area contributed by atoms with E-state index in [4.69, 9.17) is 0 Å². The fraction of sp³-hybridized carbons (Fsp3) is 0.400. The van der Waals surface area contributed by atoms with Crippen molar-refractivity contribution in [2.45, 2.75) is 25.8 Å². The number of nitrogens with zero attached hydrogens (tertiary/aromatic N) is 1. The number of Topliss-reactive ketones (excluding diaryl/α,β-unsaturated/α-hetero) is 1. The molecule has 0 amide bonds. The highest BCUT2D eigenvalue weighted by Crippen LogP contribution is 2.40. The number of benzene rings is 1. The van der Waals surface area contributed by atoms with Gasteiger partial charge < -0.3 is 4.90 Å². The van der Waals surface area contributed by atoms with Crippen molar-refractivity contribution in [1.29, 1.82) is 0 Å². The van der Waals surface area contributed by atoms with Gasteiger partial charge in [0.15, 0.2) is 5.78 Å². The van der Waals surface area contributed by atoms with Crippen molar-refractivity contribution in [3.8, 4) is 0 Å². The van der Waals surface area contributed by atoms with Crippen LogP contribution >= 0.6 is 11.8 Å². The van der Waals surface area contributed by atoms with Gasteiger partial charge in [0.05, 0.1) is 5.03 Å². The topological polar surface area (TPSA) is 20.3 Å². The second-order valence-corrected chi connectivity index (χ2v) is 5.93. The maximum Gasteiger partial charge on any atom is 0.191 e. The van der Waals surface area contributed by atoms with E-state index in [1.54, 1.807) is 0 Å². The van der Waals surface area contributed by atoms with Gasteiger partial charge in [-0.2, -0.15) is 0 Å². The third-order valence-corrected chi connectivity index (χ3v) is 5.11. The van der Waals surface area contributed by atoms with Crippen LogP contribution in [-0.2, 0) is 0 Å². The lowest BCUT2D eigenvalue weighted by Crippen LogP contribution is -2.23. The molecule has 0 bridgehead atoms. The second-order valence-electron chi connectivity index (χ2n) is 4.93. The molecule has 1 aromatic rings. The van der Waals surface area contributed by atoms with E-state index in [2.05, 4.69) is 4.90 Å². The summed E-state index contributed by atoms with van der Waals surface area (Å²) in [5, 5.41) is 1.21.